The number of nitrogens with zero attached hydrogens (tertiary/aromatic N) is 3. The fraction of sp³-hybridized carbons (Fsp3) is 0.250. The Hall–Kier alpha value is -2.54. The van der Waals surface area contributed by atoms with Crippen molar-refractivity contribution < 1.29 is 14.1 Å². The van der Waals surface area contributed by atoms with Crippen molar-refractivity contribution in [2.24, 2.45) is 0 Å². The Morgan fingerprint density at radius 3 is 2.57 bits per heavy atom. The first-order chi connectivity index (χ1) is 11.0. The fourth-order valence-electron chi connectivity index (χ4n) is 2.05. The number of esters is 1. The summed E-state index contributed by atoms with van der Waals surface area (Å²) in [5.41, 5.74) is 2.68. The van der Waals surface area contributed by atoms with Gasteiger partial charge in [-0.15, -0.1) is 11.3 Å². The molecule has 0 saturated heterocycles. The predicted molar refractivity (Wildman–Crippen MR) is 85.2 cm³/mol. The van der Waals surface area contributed by atoms with Gasteiger partial charge in [0.15, 0.2) is 6.61 Å². The third-order valence-corrected chi connectivity index (χ3v) is 4.25. The van der Waals surface area contributed by atoms with Gasteiger partial charge in [0.25, 0.3) is 5.89 Å². The van der Waals surface area contributed by atoms with E-state index in [1.165, 1.54) is 11.3 Å². The molecule has 3 aromatic rings. The van der Waals surface area contributed by atoms with Gasteiger partial charge in [-0.1, -0.05) is 35.0 Å². The van der Waals surface area contributed by atoms with Gasteiger partial charge in [-0.3, -0.25) is 0 Å². The summed E-state index contributed by atoms with van der Waals surface area (Å²) >= 11 is 1.31. The van der Waals surface area contributed by atoms with Crippen molar-refractivity contribution in [1.82, 2.24) is 15.1 Å². The summed E-state index contributed by atoms with van der Waals surface area (Å²) < 4.78 is 10.3. The number of aromatic nitrogens is 3. The molecule has 0 saturated carbocycles. The molecule has 7 heteroatoms. The van der Waals surface area contributed by atoms with Crippen molar-refractivity contribution in [2.75, 3.05) is 0 Å². The quantitative estimate of drug-likeness (QED) is 0.682. The number of thiazole rings is 1. The highest BCUT2D eigenvalue weighted by molar-refractivity contribution is 7.13. The van der Waals surface area contributed by atoms with E-state index in [1.54, 1.807) is 6.92 Å². The number of hydrogen-bond acceptors (Lipinski definition) is 7. The topological polar surface area (TPSA) is 78.1 Å². The van der Waals surface area contributed by atoms with Crippen LogP contribution in [-0.4, -0.2) is 21.1 Å². The fourth-order valence-corrected chi connectivity index (χ4v) is 2.86. The highest BCUT2D eigenvalue weighted by Gasteiger charge is 2.17. The SMILES string of the molecule is Cc1ccc(-c2noc(COC(=O)c3sc(C)nc3C)n2)cc1. The maximum atomic E-state index is 12.0. The van der Waals surface area contributed by atoms with Gasteiger partial charge >= 0.3 is 5.97 Å². The molecule has 0 aliphatic heterocycles. The van der Waals surface area contributed by atoms with E-state index in [0.717, 1.165) is 16.1 Å². The van der Waals surface area contributed by atoms with Gasteiger partial charge in [-0.25, -0.2) is 9.78 Å². The number of hydrogen-bond donors (Lipinski definition) is 0. The average Bonchev–Trinajstić information content (AvgIpc) is 3.12. The van der Waals surface area contributed by atoms with Crippen LogP contribution in [0, 0.1) is 20.8 Å². The second-order valence-corrected chi connectivity index (χ2v) is 6.30. The van der Waals surface area contributed by atoms with Crippen molar-refractivity contribution in [3.05, 3.63) is 51.3 Å². The third kappa shape index (κ3) is 3.45. The molecule has 0 bridgehead atoms. The van der Waals surface area contributed by atoms with Crippen LogP contribution in [0.25, 0.3) is 11.4 Å². The molecule has 0 amide bonds. The van der Waals surface area contributed by atoms with Gasteiger partial charge in [0.2, 0.25) is 5.82 Å². The zero-order valence-corrected chi connectivity index (χ0v) is 13.8. The Labute approximate surface area is 137 Å². The first-order valence-corrected chi connectivity index (χ1v) is 7.85. The summed E-state index contributed by atoms with van der Waals surface area (Å²) in [5.74, 6) is 0.303. The Kier molecular flexibility index (Phi) is 4.20. The smallest absolute Gasteiger partial charge is 0.350 e. The number of rotatable bonds is 4. The van der Waals surface area contributed by atoms with E-state index in [1.807, 2.05) is 38.1 Å². The van der Waals surface area contributed by atoms with Crippen LogP contribution in [0.2, 0.25) is 0 Å². The summed E-state index contributed by atoms with van der Waals surface area (Å²) in [7, 11) is 0. The Morgan fingerprint density at radius 2 is 1.91 bits per heavy atom. The number of benzene rings is 1. The minimum absolute atomic E-state index is 0.0614. The number of carbonyl (C=O) groups is 1. The van der Waals surface area contributed by atoms with Crippen LogP contribution in [0.4, 0.5) is 0 Å². The molecule has 2 heterocycles. The second-order valence-electron chi connectivity index (χ2n) is 5.10. The van der Waals surface area contributed by atoms with Gasteiger partial charge in [-0.2, -0.15) is 4.98 Å². The summed E-state index contributed by atoms with van der Waals surface area (Å²) in [6.45, 7) is 5.57. The maximum absolute atomic E-state index is 12.0. The lowest BCUT2D eigenvalue weighted by molar-refractivity contribution is 0.0434. The van der Waals surface area contributed by atoms with Crippen molar-refractivity contribution in [3.8, 4) is 11.4 Å². The average molecular weight is 329 g/mol. The molecule has 23 heavy (non-hydrogen) atoms. The molecule has 0 fully saturated rings. The zero-order valence-electron chi connectivity index (χ0n) is 13.0. The normalized spacial score (nSPS) is 10.7. The van der Waals surface area contributed by atoms with Crippen LogP contribution in [-0.2, 0) is 11.3 Å². The van der Waals surface area contributed by atoms with Gasteiger partial charge in [0.05, 0.1) is 10.7 Å². The lowest BCUT2D eigenvalue weighted by Gasteiger charge is -1.99. The van der Waals surface area contributed by atoms with Crippen LogP contribution in [0.15, 0.2) is 28.8 Å². The van der Waals surface area contributed by atoms with E-state index < -0.39 is 5.97 Å². The van der Waals surface area contributed by atoms with Crippen LogP contribution in [0.5, 0.6) is 0 Å². The van der Waals surface area contributed by atoms with Gasteiger partial charge in [0.1, 0.15) is 4.88 Å². The summed E-state index contributed by atoms with van der Waals surface area (Å²) in [6, 6.07) is 7.78. The van der Waals surface area contributed by atoms with Crippen LogP contribution >= 0.6 is 11.3 Å². The van der Waals surface area contributed by atoms with E-state index in [9.17, 15) is 4.79 Å². The molecular formula is C16H15N3O3S. The monoisotopic (exact) mass is 329 g/mol. The number of ether oxygens (including phenoxy) is 1. The molecule has 0 atom stereocenters. The summed E-state index contributed by atoms with van der Waals surface area (Å²) in [4.78, 5) is 21.0. The largest absolute Gasteiger partial charge is 0.451 e. The molecule has 0 aliphatic carbocycles. The third-order valence-electron chi connectivity index (χ3n) is 3.19. The molecule has 0 N–H and O–H groups in total. The molecular weight excluding hydrogens is 314 g/mol. The Morgan fingerprint density at radius 1 is 1.17 bits per heavy atom. The lowest BCUT2D eigenvalue weighted by atomic mass is 10.1. The van der Waals surface area contributed by atoms with E-state index in [0.29, 0.717) is 16.4 Å². The van der Waals surface area contributed by atoms with Crippen molar-refractivity contribution in [1.29, 1.82) is 0 Å². The number of aryl methyl sites for hydroxylation is 3. The van der Waals surface area contributed by atoms with Crippen molar-refractivity contribution in [2.45, 2.75) is 27.4 Å². The highest BCUT2D eigenvalue weighted by Crippen LogP contribution is 2.20. The first kappa shape index (κ1) is 15.4. The minimum Gasteiger partial charge on any atom is -0.451 e. The minimum atomic E-state index is -0.428. The molecule has 3 rings (SSSR count). The Balaban J connectivity index is 1.66. The molecule has 0 spiro atoms. The molecule has 118 valence electrons. The van der Waals surface area contributed by atoms with Crippen LogP contribution in [0.1, 0.15) is 31.8 Å². The molecule has 0 radical (unpaired) electrons. The number of carbonyl (C=O) groups excluding carboxylic acids is 1. The molecule has 1 aromatic carbocycles. The molecule has 6 nitrogen and oxygen atoms in total. The predicted octanol–water partition coefficient (Wildman–Crippen LogP) is 3.48. The molecule has 2 aromatic heterocycles. The van der Waals surface area contributed by atoms with E-state index in [-0.39, 0.29) is 12.5 Å². The maximum Gasteiger partial charge on any atom is 0.350 e. The summed E-state index contributed by atoms with van der Waals surface area (Å²) in [5, 5.41) is 4.73. The molecule has 0 unspecified atom stereocenters. The Bertz CT molecular complexity index is 837. The summed E-state index contributed by atoms with van der Waals surface area (Å²) in [6.07, 6.45) is 0. The molecule has 0 aliphatic rings. The second kappa shape index (κ2) is 6.29. The van der Waals surface area contributed by atoms with Crippen LogP contribution in [0.3, 0.4) is 0 Å². The van der Waals surface area contributed by atoms with Gasteiger partial charge in [0, 0.05) is 5.56 Å². The van der Waals surface area contributed by atoms with E-state index >= 15 is 0 Å². The highest BCUT2D eigenvalue weighted by atomic mass is 32.1. The van der Waals surface area contributed by atoms with E-state index in [4.69, 9.17) is 9.26 Å². The zero-order chi connectivity index (χ0) is 16.4. The van der Waals surface area contributed by atoms with Crippen LogP contribution < -0.4 is 0 Å². The van der Waals surface area contributed by atoms with Crippen molar-refractivity contribution >= 4 is 17.3 Å². The van der Waals surface area contributed by atoms with Gasteiger partial charge < -0.3 is 9.26 Å². The van der Waals surface area contributed by atoms with Crippen molar-refractivity contribution in [3.63, 3.8) is 0 Å². The van der Waals surface area contributed by atoms with E-state index in [2.05, 4.69) is 15.1 Å². The lowest BCUT2D eigenvalue weighted by Crippen LogP contribution is -2.05. The van der Waals surface area contributed by atoms with Gasteiger partial charge in [-0.05, 0) is 20.8 Å². The standard InChI is InChI=1S/C16H15N3O3S/c1-9-4-6-12(7-5-9)15-18-13(22-19-15)8-21-16(20)14-10(2)17-11(3)23-14/h4-7H,8H2,1-3H3. The first-order valence-electron chi connectivity index (χ1n) is 7.03.